The summed E-state index contributed by atoms with van der Waals surface area (Å²) in [4.78, 5) is 18.0. The van der Waals surface area contributed by atoms with Gasteiger partial charge in [0.2, 0.25) is 0 Å². The number of carbonyl (C=O) groups is 1. The van der Waals surface area contributed by atoms with E-state index in [2.05, 4.69) is 24.1 Å². The number of aromatic nitrogens is 1. The summed E-state index contributed by atoms with van der Waals surface area (Å²) in [6.07, 6.45) is 0. The summed E-state index contributed by atoms with van der Waals surface area (Å²) in [6.45, 7) is 4.27. The molecule has 3 rings (SSSR count). The second kappa shape index (κ2) is 7.64. The maximum absolute atomic E-state index is 12.4. The fourth-order valence-corrected chi connectivity index (χ4v) is 3.84. The van der Waals surface area contributed by atoms with E-state index < -0.39 is 0 Å². The van der Waals surface area contributed by atoms with Crippen molar-refractivity contribution < 1.29 is 4.79 Å². The molecule has 5 heteroatoms. The lowest BCUT2D eigenvalue weighted by molar-refractivity contribution is 0.102. The molecule has 0 aliphatic heterocycles. The third-order valence-corrected chi connectivity index (χ3v) is 5.02. The average Bonchev–Trinajstić information content (AvgIpc) is 3.04. The van der Waals surface area contributed by atoms with E-state index in [0.717, 1.165) is 16.2 Å². The van der Waals surface area contributed by atoms with E-state index in [-0.39, 0.29) is 5.91 Å². The monoisotopic (exact) mass is 354 g/mol. The SMILES string of the molecule is CC(C)Sc1cccc(C(=O)Nc2nc(-c3ccccc3)cs2)c1. The zero-order valence-corrected chi connectivity index (χ0v) is 15.2. The van der Waals surface area contributed by atoms with Crippen LogP contribution in [-0.2, 0) is 0 Å². The first kappa shape index (κ1) is 16.7. The quantitative estimate of drug-likeness (QED) is 0.610. The van der Waals surface area contributed by atoms with Crippen molar-refractivity contribution >= 4 is 34.1 Å². The molecule has 0 bridgehead atoms. The molecule has 3 aromatic rings. The van der Waals surface area contributed by atoms with E-state index >= 15 is 0 Å². The highest BCUT2D eigenvalue weighted by Gasteiger charge is 2.11. The number of rotatable bonds is 5. The van der Waals surface area contributed by atoms with Crippen molar-refractivity contribution in [1.29, 1.82) is 0 Å². The predicted molar refractivity (Wildman–Crippen MR) is 103 cm³/mol. The highest BCUT2D eigenvalue weighted by atomic mass is 32.2. The van der Waals surface area contributed by atoms with E-state index in [4.69, 9.17) is 0 Å². The van der Waals surface area contributed by atoms with Crippen LogP contribution in [0.5, 0.6) is 0 Å². The molecular formula is C19H18N2OS2. The molecule has 1 aromatic heterocycles. The van der Waals surface area contributed by atoms with Crippen molar-refractivity contribution in [2.75, 3.05) is 5.32 Å². The topological polar surface area (TPSA) is 42.0 Å². The fraction of sp³-hybridized carbons (Fsp3) is 0.158. The number of thiazole rings is 1. The summed E-state index contributed by atoms with van der Waals surface area (Å²) < 4.78 is 0. The molecule has 3 nitrogen and oxygen atoms in total. The first-order valence-electron chi connectivity index (χ1n) is 7.71. The maximum Gasteiger partial charge on any atom is 0.257 e. The van der Waals surface area contributed by atoms with Gasteiger partial charge in [-0.3, -0.25) is 10.1 Å². The number of hydrogen-bond donors (Lipinski definition) is 1. The van der Waals surface area contributed by atoms with Crippen molar-refractivity contribution in [2.45, 2.75) is 24.0 Å². The van der Waals surface area contributed by atoms with Crippen LogP contribution >= 0.6 is 23.1 Å². The van der Waals surface area contributed by atoms with Gasteiger partial charge in [0.25, 0.3) is 5.91 Å². The van der Waals surface area contributed by atoms with E-state index in [1.165, 1.54) is 11.3 Å². The molecule has 0 aliphatic rings. The van der Waals surface area contributed by atoms with Gasteiger partial charge >= 0.3 is 0 Å². The van der Waals surface area contributed by atoms with Crippen molar-refractivity contribution in [2.24, 2.45) is 0 Å². The van der Waals surface area contributed by atoms with Gasteiger partial charge < -0.3 is 0 Å². The second-order valence-electron chi connectivity index (χ2n) is 5.55. The van der Waals surface area contributed by atoms with Crippen LogP contribution in [0.15, 0.2) is 64.9 Å². The van der Waals surface area contributed by atoms with E-state index in [0.29, 0.717) is 15.9 Å². The highest BCUT2D eigenvalue weighted by Crippen LogP contribution is 2.26. The standard InChI is InChI=1S/C19H18N2OS2/c1-13(2)24-16-10-6-9-15(11-16)18(22)21-19-20-17(12-23-19)14-7-4-3-5-8-14/h3-13H,1-2H3,(H,20,21,22). The van der Waals surface area contributed by atoms with Crippen LogP contribution in [0.4, 0.5) is 5.13 Å². The average molecular weight is 354 g/mol. The molecule has 0 spiro atoms. The number of amides is 1. The minimum absolute atomic E-state index is 0.129. The Bertz CT molecular complexity index is 828. The number of hydrogen-bond acceptors (Lipinski definition) is 4. The number of anilines is 1. The Balaban J connectivity index is 1.72. The van der Waals surface area contributed by atoms with Crippen LogP contribution in [0.1, 0.15) is 24.2 Å². The van der Waals surface area contributed by atoms with Gasteiger partial charge in [-0.15, -0.1) is 23.1 Å². The van der Waals surface area contributed by atoms with E-state index in [1.807, 2.05) is 60.0 Å². The predicted octanol–water partition coefficient (Wildman–Crippen LogP) is 5.56. The number of nitrogens with one attached hydrogen (secondary N) is 1. The lowest BCUT2D eigenvalue weighted by atomic mass is 10.2. The molecule has 1 N–H and O–H groups in total. The molecule has 0 saturated carbocycles. The van der Waals surface area contributed by atoms with Gasteiger partial charge in [0.15, 0.2) is 5.13 Å². The second-order valence-corrected chi connectivity index (χ2v) is 8.06. The molecule has 2 aromatic carbocycles. The Hall–Kier alpha value is -2.11. The molecule has 0 saturated heterocycles. The zero-order valence-electron chi connectivity index (χ0n) is 13.5. The van der Waals surface area contributed by atoms with E-state index in [9.17, 15) is 4.79 Å². The molecule has 1 heterocycles. The molecule has 0 aliphatic carbocycles. The molecular weight excluding hydrogens is 336 g/mol. The van der Waals surface area contributed by atoms with Crippen molar-refractivity contribution in [1.82, 2.24) is 4.98 Å². The summed E-state index contributed by atoms with van der Waals surface area (Å²) >= 11 is 3.18. The number of benzene rings is 2. The smallest absolute Gasteiger partial charge is 0.257 e. The van der Waals surface area contributed by atoms with Gasteiger partial charge in [-0.05, 0) is 18.2 Å². The first-order valence-corrected chi connectivity index (χ1v) is 9.47. The first-order chi connectivity index (χ1) is 11.6. The van der Waals surface area contributed by atoms with Gasteiger partial charge in [0.1, 0.15) is 0 Å². The van der Waals surface area contributed by atoms with Crippen LogP contribution in [0.3, 0.4) is 0 Å². The Labute approximate surface area is 150 Å². The Morgan fingerprint density at radius 1 is 1.12 bits per heavy atom. The summed E-state index contributed by atoms with van der Waals surface area (Å²) in [6, 6.07) is 17.6. The van der Waals surface area contributed by atoms with Crippen molar-refractivity contribution in [3.8, 4) is 11.3 Å². The normalized spacial score (nSPS) is 10.8. The Kier molecular flexibility index (Phi) is 5.33. The largest absolute Gasteiger partial charge is 0.298 e. The lowest BCUT2D eigenvalue weighted by Gasteiger charge is -2.07. The Morgan fingerprint density at radius 2 is 1.92 bits per heavy atom. The highest BCUT2D eigenvalue weighted by molar-refractivity contribution is 7.99. The number of carbonyl (C=O) groups excluding carboxylic acids is 1. The summed E-state index contributed by atoms with van der Waals surface area (Å²) in [5, 5.41) is 5.94. The van der Waals surface area contributed by atoms with Crippen molar-refractivity contribution in [3.63, 3.8) is 0 Å². The molecule has 0 radical (unpaired) electrons. The maximum atomic E-state index is 12.4. The third-order valence-electron chi connectivity index (χ3n) is 3.26. The number of nitrogens with zero attached hydrogens (tertiary/aromatic N) is 1. The van der Waals surface area contributed by atoms with Crippen molar-refractivity contribution in [3.05, 3.63) is 65.5 Å². The molecule has 0 fully saturated rings. The molecule has 1 amide bonds. The Morgan fingerprint density at radius 3 is 2.67 bits per heavy atom. The van der Waals surface area contributed by atoms with E-state index in [1.54, 1.807) is 11.8 Å². The molecule has 24 heavy (non-hydrogen) atoms. The van der Waals surface area contributed by atoms with Gasteiger partial charge in [-0.25, -0.2) is 4.98 Å². The molecule has 122 valence electrons. The molecule has 0 atom stereocenters. The minimum atomic E-state index is -0.129. The van der Waals surface area contributed by atoms with Gasteiger partial charge in [-0.1, -0.05) is 50.2 Å². The third kappa shape index (κ3) is 4.24. The van der Waals surface area contributed by atoms with Crippen LogP contribution in [0, 0.1) is 0 Å². The van der Waals surface area contributed by atoms with Crippen LogP contribution in [0.2, 0.25) is 0 Å². The van der Waals surface area contributed by atoms with Gasteiger partial charge in [0.05, 0.1) is 5.69 Å². The lowest BCUT2D eigenvalue weighted by Crippen LogP contribution is -2.11. The van der Waals surface area contributed by atoms with Crippen LogP contribution in [0.25, 0.3) is 11.3 Å². The molecule has 0 unspecified atom stereocenters. The summed E-state index contributed by atoms with van der Waals surface area (Å²) in [5.41, 5.74) is 2.57. The fourth-order valence-electron chi connectivity index (χ4n) is 2.22. The summed E-state index contributed by atoms with van der Waals surface area (Å²) in [7, 11) is 0. The van der Waals surface area contributed by atoms with Gasteiger partial charge in [-0.2, -0.15) is 0 Å². The minimum Gasteiger partial charge on any atom is -0.298 e. The van der Waals surface area contributed by atoms with Gasteiger partial charge in [0, 0.05) is 26.7 Å². The summed E-state index contributed by atoms with van der Waals surface area (Å²) in [5.74, 6) is -0.129. The van der Waals surface area contributed by atoms with Crippen LogP contribution in [-0.4, -0.2) is 16.1 Å². The zero-order chi connectivity index (χ0) is 16.9. The number of thioether (sulfide) groups is 1. The van der Waals surface area contributed by atoms with Crippen LogP contribution < -0.4 is 5.32 Å².